The summed E-state index contributed by atoms with van der Waals surface area (Å²) in [6.45, 7) is 4.12. The van der Waals surface area contributed by atoms with E-state index in [1.54, 1.807) is 13.8 Å². The van der Waals surface area contributed by atoms with Gasteiger partial charge in [0.15, 0.2) is 0 Å². The van der Waals surface area contributed by atoms with Crippen molar-refractivity contribution in [1.82, 2.24) is 10.2 Å². The average Bonchev–Trinajstić information content (AvgIpc) is 2.31. The number of halogens is 1. The van der Waals surface area contributed by atoms with Crippen molar-refractivity contribution in [1.29, 1.82) is 0 Å². The maximum atomic E-state index is 13.6. The van der Waals surface area contributed by atoms with Crippen molar-refractivity contribution < 1.29 is 19.4 Å². The minimum absolute atomic E-state index is 0.0416. The van der Waals surface area contributed by atoms with Crippen molar-refractivity contribution >= 4 is 6.03 Å². The number of carbonyl (C=O) groups excluding carboxylic acids is 1. The van der Waals surface area contributed by atoms with Crippen molar-refractivity contribution in [2.45, 2.75) is 38.6 Å². The second kappa shape index (κ2) is 6.16. The van der Waals surface area contributed by atoms with Gasteiger partial charge in [0.2, 0.25) is 0 Å². The van der Waals surface area contributed by atoms with Gasteiger partial charge in [-0.3, -0.25) is 0 Å². The molecular formula is C11H21FN2O3. The smallest absolute Gasteiger partial charge is 0.317 e. The lowest BCUT2D eigenvalue weighted by Crippen LogP contribution is -2.58. The van der Waals surface area contributed by atoms with Crippen molar-refractivity contribution in [2.24, 2.45) is 5.92 Å². The van der Waals surface area contributed by atoms with Gasteiger partial charge in [0.1, 0.15) is 6.17 Å². The summed E-state index contributed by atoms with van der Waals surface area (Å²) in [6, 6.07) is -0.327. The quantitative estimate of drug-likeness (QED) is 0.664. The molecule has 0 radical (unpaired) electrons. The number of rotatable bonds is 3. The van der Waals surface area contributed by atoms with E-state index in [2.05, 4.69) is 5.32 Å². The predicted molar refractivity (Wildman–Crippen MR) is 61.3 cm³/mol. The first kappa shape index (κ1) is 14.2. The second-order valence-corrected chi connectivity index (χ2v) is 4.39. The highest BCUT2D eigenvalue weighted by Crippen LogP contribution is 2.24. The third kappa shape index (κ3) is 3.29. The van der Waals surface area contributed by atoms with Crippen molar-refractivity contribution in [3.8, 4) is 0 Å². The maximum absolute atomic E-state index is 13.6. The van der Waals surface area contributed by atoms with E-state index in [4.69, 9.17) is 0 Å². The van der Waals surface area contributed by atoms with E-state index in [0.717, 1.165) is 0 Å². The molecule has 0 aromatic rings. The highest BCUT2D eigenvalue weighted by molar-refractivity contribution is 5.74. The Morgan fingerprint density at radius 3 is 2.65 bits per heavy atom. The van der Waals surface area contributed by atoms with Crippen LogP contribution in [0.1, 0.15) is 20.3 Å². The van der Waals surface area contributed by atoms with E-state index in [-0.39, 0.29) is 25.5 Å². The molecule has 0 aliphatic carbocycles. The summed E-state index contributed by atoms with van der Waals surface area (Å²) < 4.78 is 13.6. The van der Waals surface area contributed by atoms with Gasteiger partial charge in [0.05, 0.1) is 18.8 Å². The van der Waals surface area contributed by atoms with E-state index < -0.39 is 24.3 Å². The average molecular weight is 248 g/mol. The molecule has 4 unspecified atom stereocenters. The van der Waals surface area contributed by atoms with Gasteiger partial charge >= 0.3 is 6.03 Å². The summed E-state index contributed by atoms with van der Waals surface area (Å²) in [6.07, 6.45) is -3.13. The van der Waals surface area contributed by atoms with Crippen LogP contribution in [0.3, 0.4) is 0 Å². The normalized spacial score (nSPS) is 31.1. The van der Waals surface area contributed by atoms with Crippen LogP contribution in [0.2, 0.25) is 0 Å². The number of β-amino-alcohol motifs (C(OH)–C–C–N with tert-alkyl or cyclic N) is 1. The SMILES string of the molecule is CCNC(=O)N1CC(O)C(O)C(C(F)CC)C1. The first-order valence-electron chi connectivity index (χ1n) is 6.04. The molecule has 1 saturated heterocycles. The van der Waals surface area contributed by atoms with Crippen LogP contribution in [-0.4, -0.2) is 59.2 Å². The van der Waals surface area contributed by atoms with Crippen LogP contribution >= 0.6 is 0 Å². The molecule has 0 spiro atoms. The molecule has 6 heteroatoms. The molecule has 5 nitrogen and oxygen atoms in total. The lowest BCUT2D eigenvalue weighted by molar-refractivity contribution is -0.0838. The lowest BCUT2D eigenvalue weighted by Gasteiger charge is -2.40. The van der Waals surface area contributed by atoms with Gasteiger partial charge in [0.25, 0.3) is 0 Å². The number of aliphatic hydroxyl groups excluding tert-OH is 2. The summed E-state index contributed by atoms with van der Waals surface area (Å²) in [5.41, 5.74) is 0. The molecular weight excluding hydrogens is 227 g/mol. The fraction of sp³-hybridized carbons (Fsp3) is 0.909. The Morgan fingerprint density at radius 2 is 2.12 bits per heavy atom. The minimum Gasteiger partial charge on any atom is -0.390 e. The monoisotopic (exact) mass is 248 g/mol. The molecule has 0 aromatic carbocycles. The zero-order valence-corrected chi connectivity index (χ0v) is 10.3. The molecule has 0 bridgehead atoms. The predicted octanol–water partition coefficient (Wildman–Crippen LogP) is 0.118. The number of nitrogens with zero attached hydrogens (tertiary/aromatic N) is 1. The molecule has 1 aliphatic rings. The van der Waals surface area contributed by atoms with E-state index in [0.29, 0.717) is 6.54 Å². The summed E-state index contributed by atoms with van der Waals surface area (Å²) in [4.78, 5) is 13.0. The summed E-state index contributed by atoms with van der Waals surface area (Å²) in [5.74, 6) is -0.716. The molecule has 1 rings (SSSR count). The summed E-state index contributed by atoms with van der Waals surface area (Å²) in [7, 11) is 0. The zero-order valence-electron chi connectivity index (χ0n) is 10.3. The molecule has 1 heterocycles. The third-order valence-corrected chi connectivity index (χ3v) is 3.14. The number of piperidine rings is 1. The highest BCUT2D eigenvalue weighted by Gasteiger charge is 2.40. The van der Waals surface area contributed by atoms with Gasteiger partial charge in [-0.15, -0.1) is 0 Å². The van der Waals surface area contributed by atoms with E-state index in [9.17, 15) is 19.4 Å². The lowest BCUT2D eigenvalue weighted by atomic mass is 9.88. The fourth-order valence-corrected chi connectivity index (χ4v) is 2.12. The molecule has 100 valence electrons. The molecule has 1 aliphatic heterocycles. The van der Waals surface area contributed by atoms with Gasteiger partial charge in [-0.2, -0.15) is 0 Å². The molecule has 17 heavy (non-hydrogen) atoms. The standard InChI is InChI=1S/C11H21FN2O3/c1-3-8(12)7-5-14(11(17)13-4-2)6-9(15)10(7)16/h7-10,15-16H,3-6H2,1-2H3,(H,13,17). The second-order valence-electron chi connectivity index (χ2n) is 4.39. The van der Waals surface area contributed by atoms with Crippen LogP contribution in [0.25, 0.3) is 0 Å². The first-order chi connectivity index (χ1) is 8.01. The van der Waals surface area contributed by atoms with Crippen LogP contribution < -0.4 is 5.32 Å². The number of likely N-dealkylation sites (tertiary alicyclic amines) is 1. The summed E-state index contributed by atoms with van der Waals surface area (Å²) in [5, 5.41) is 22.0. The highest BCUT2D eigenvalue weighted by atomic mass is 19.1. The van der Waals surface area contributed by atoms with Crippen LogP contribution in [0.5, 0.6) is 0 Å². The number of hydrogen-bond acceptors (Lipinski definition) is 3. The largest absolute Gasteiger partial charge is 0.390 e. The summed E-state index contributed by atoms with van der Waals surface area (Å²) >= 11 is 0. The molecule has 4 atom stereocenters. The molecule has 3 N–H and O–H groups in total. The molecule has 1 fully saturated rings. The number of hydrogen-bond donors (Lipinski definition) is 3. The number of nitrogens with one attached hydrogen (secondary N) is 1. The Balaban J connectivity index is 2.69. The number of aliphatic hydroxyl groups is 2. The van der Waals surface area contributed by atoms with Gasteiger partial charge in [-0.25, -0.2) is 9.18 Å². The molecule has 2 amide bonds. The Morgan fingerprint density at radius 1 is 1.47 bits per heavy atom. The topological polar surface area (TPSA) is 72.8 Å². The van der Waals surface area contributed by atoms with Gasteiger partial charge in [0, 0.05) is 19.0 Å². The molecule has 0 aromatic heterocycles. The van der Waals surface area contributed by atoms with Crippen LogP contribution in [-0.2, 0) is 0 Å². The Hall–Kier alpha value is -0.880. The maximum Gasteiger partial charge on any atom is 0.317 e. The number of carbonyl (C=O) groups is 1. The zero-order chi connectivity index (χ0) is 13.0. The Bertz CT molecular complexity index is 265. The minimum atomic E-state index is -1.21. The first-order valence-corrected chi connectivity index (χ1v) is 6.04. The van der Waals surface area contributed by atoms with Crippen molar-refractivity contribution in [3.63, 3.8) is 0 Å². The van der Waals surface area contributed by atoms with Crippen LogP contribution in [0, 0.1) is 5.92 Å². The van der Waals surface area contributed by atoms with E-state index >= 15 is 0 Å². The van der Waals surface area contributed by atoms with Gasteiger partial charge < -0.3 is 20.4 Å². The number of amides is 2. The van der Waals surface area contributed by atoms with Gasteiger partial charge in [-0.1, -0.05) is 6.92 Å². The van der Waals surface area contributed by atoms with Crippen LogP contribution in [0.4, 0.5) is 9.18 Å². The van der Waals surface area contributed by atoms with Crippen molar-refractivity contribution in [3.05, 3.63) is 0 Å². The number of urea groups is 1. The van der Waals surface area contributed by atoms with Crippen molar-refractivity contribution in [2.75, 3.05) is 19.6 Å². The Labute approximate surface area is 101 Å². The van der Waals surface area contributed by atoms with E-state index in [1.165, 1.54) is 4.90 Å². The fourth-order valence-electron chi connectivity index (χ4n) is 2.12. The third-order valence-electron chi connectivity index (χ3n) is 3.14. The Kier molecular flexibility index (Phi) is 5.14. The van der Waals surface area contributed by atoms with Crippen LogP contribution in [0.15, 0.2) is 0 Å². The van der Waals surface area contributed by atoms with E-state index in [1.807, 2.05) is 0 Å². The number of alkyl halides is 1. The van der Waals surface area contributed by atoms with Gasteiger partial charge in [-0.05, 0) is 13.3 Å². The molecule has 0 saturated carbocycles.